The van der Waals surface area contributed by atoms with E-state index in [0.717, 1.165) is 24.5 Å². The molecule has 0 aromatic carbocycles. The number of unbranched alkanes of at least 4 members (excludes halogenated alkanes) is 2. The summed E-state index contributed by atoms with van der Waals surface area (Å²) >= 11 is 0. The number of rotatable bonds is 8. The SMILES string of the molecule is COCCCCCNC1CCCC(C2CC2)C1. The summed E-state index contributed by atoms with van der Waals surface area (Å²) in [6, 6.07) is 0.830. The summed E-state index contributed by atoms with van der Waals surface area (Å²) in [6.07, 6.45) is 12.7. The standard InChI is InChI=1S/C15H29NO/c1-17-11-4-2-3-10-16-15-7-5-6-14(12-15)13-8-9-13/h13-16H,2-12H2,1H3. The van der Waals surface area contributed by atoms with Gasteiger partial charge in [0.25, 0.3) is 0 Å². The maximum atomic E-state index is 5.07. The largest absolute Gasteiger partial charge is 0.385 e. The van der Waals surface area contributed by atoms with Gasteiger partial charge in [-0.15, -0.1) is 0 Å². The molecule has 2 aliphatic rings. The van der Waals surface area contributed by atoms with Crippen molar-refractivity contribution in [2.45, 2.75) is 63.8 Å². The van der Waals surface area contributed by atoms with Crippen molar-refractivity contribution in [3.05, 3.63) is 0 Å². The number of nitrogens with one attached hydrogen (secondary N) is 1. The van der Waals surface area contributed by atoms with Crippen molar-refractivity contribution in [2.75, 3.05) is 20.3 Å². The van der Waals surface area contributed by atoms with Gasteiger partial charge in [0.1, 0.15) is 0 Å². The quantitative estimate of drug-likeness (QED) is 0.656. The molecule has 0 heterocycles. The van der Waals surface area contributed by atoms with Gasteiger partial charge in [0, 0.05) is 19.8 Å². The van der Waals surface area contributed by atoms with Crippen molar-refractivity contribution >= 4 is 0 Å². The molecule has 0 amide bonds. The van der Waals surface area contributed by atoms with E-state index in [0.29, 0.717) is 0 Å². The van der Waals surface area contributed by atoms with Gasteiger partial charge in [-0.25, -0.2) is 0 Å². The van der Waals surface area contributed by atoms with Crippen molar-refractivity contribution in [1.29, 1.82) is 0 Å². The van der Waals surface area contributed by atoms with Gasteiger partial charge in [-0.3, -0.25) is 0 Å². The topological polar surface area (TPSA) is 21.3 Å². The number of hydrogen-bond acceptors (Lipinski definition) is 2. The fourth-order valence-corrected chi connectivity index (χ4v) is 3.26. The molecule has 2 rings (SSSR count). The normalized spacial score (nSPS) is 29.5. The maximum absolute atomic E-state index is 5.07. The molecule has 2 heteroatoms. The smallest absolute Gasteiger partial charge is 0.0462 e. The third-order valence-corrected chi connectivity index (χ3v) is 4.46. The second-order valence-corrected chi connectivity index (χ2v) is 5.97. The predicted molar refractivity (Wildman–Crippen MR) is 72.2 cm³/mol. The molecular formula is C15H29NO. The third kappa shape index (κ3) is 4.97. The van der Waals surface area contributed by atoms with Crippen LogP contribution in [-0.2, 0) is 4.74 Å². The van der Waals surface area contributed by atoms with E-state index in [2.05, 4.69) is 5.32 Å². The highest BCUT2D eigenvalue weighted by Crippen LogP contribution is 2.43. The molecular weight excluding hydrogens is 210 g/mol. The first kappa shape index (κ1) is 13.4. The highest BCUT2D eigenvalue weighted by atomic mass is 16.5. The van der Waals surface area contributed by atoms with Gasteiger partial charge in [-0.2, -0.15) is 0 Å². The third-order valence-electron chi connectivity index (χ3n) is 4.46. The van der Waals surface area contributed by atoms with Gasteiger partial charge in [-0.1, -0.05) is 12.8 Å². The summed E-state index contributed by atoms with van der Waals surface area (Å²) in [6.45, 7) is 2.14. The molecule has 17 heavy (non-hydrogen) atoms. The minimum absolute atomic E-state index is 0.830. The second kappa shape index (κ2) is 7.38. The highest BCUT2D eigenvalue weighted by Gasteiger charge is 2.34. The summed E-state index contributed by atoms with van der Waals surface area (Å²) in [7, 11) is 1.79. The Labute approximate surface area is 107 Å². The van der Waals surface area contributed by atoms with Crippen LogP contribution in [0, 0.1) is 11.8 Å². The lowest BCUT2D eigenvalue weighted by Crippen LogP contribution is -2.35. The molecule has 0 aromatic rings. The van der Waals surface area contributed by atoms with Gasteiger partial charge >= 0.3 is 0 Å². The Balaban J connectivity index is 1.49. The summed E-state index contributed by atoms with van der Waals surface area (Å²) in [4.78, 5) is 0. The Morgan fingerprint density at radius 2 is 1.88 bits per heavy atom. The molecule has 0 bridgehead atoms. The summed E-state index contributed by atoms with van der Waals surface area (Å²) in [5, 5.41) is 3.77. The van der Waals surface area contributed by atoms with E-state index in [1.54, 1.807) is 7.11 Å². The van der Waals surface area contributed by atoms with Gasteiger partial charge in [0.05, 0.1) is 0 Å². The molecule has 2 atom stereocenters. The first-order valence-corrected chi connectivity index (χ1v) is 7.62. The summed E-state index contributed by atoms with van der Waals surface area (Å²) in [5.41, 5.74) is 0. The van der Waals surface area contributed by atoms with E-state index >= 15 is 0 Å². The van der Waals surface area contributed by atoms with Crippen LogP contribution in [0.2, 0.25) is 0 Å². The average molecular weight is 239 g/mol. The molecule has 0 saturated heterocycles. The van der Waals surface area contributed by atoms with E-state index in [1.807, 2.05) is 0 Å². The zero-order chi connectivity index (χ0) is 11.9. The van der Waals surface area contributed by atoms with Crippen LogP contribution in [0.15, 0.2) is 0 Å². The molecule has 1 N–H and O–H groups in total. The van der Waals surface area contributed by atoms with Crippen LogP contribution in [0.5, 0.6) is 0 Å². The molecule has 2 fully saturated rings. The van der Waals surface area contributed by atoms with Gasteiger partial charge < -0.3 is 10.1 Å². The van der Waals surface area contributed by atoms with Crippen LogP contribution in [0.3, 0.4) is 0 Å². The van der Waals surface area contributed by atoms with Crippen LogP contribution < -0.4 is 5.32 Å². The average Bonchev–Trinajstić information content (AvgIpc) is 3.18. The Bertz CT molecular complexity index is 203. The first-order chi connectivity index (χ1) is 8.40. The van der Waals surface area contributed by atoms with Crippen molar-refractivity contribution in [2.24, 2.45) is 11.8 Å². The van der Waals surface area contributed by atoms with Gasteiger partial charge in [-0.05, 0) is 63.3 Å². The lowest BCUT2D eigenvalue weighted by molar-refractivity contribution is 0.191. The van der Waals surface area contributed by atoms with Crippen molar-refractivity contribution in [1.82, 2.24) is 5.32 Å². The molecule has 2 saturated carbocycles. The van der Waals surface area contributed by atoms with E-state index in [1.165, 1.54) is 64.3 Å². The highest BCUT2D eigenvalue weighted by molar-refractivity contribution is 4.87. The van der Waals surface area contributed by atoms with Crippen LogP contribution >= 0.6 is 0 Å². The molecule has 100 valence electrons. The molecule has 0 aliphatic heterocycles. The molecule has 2 unspecified atom stereocenters. The van der Waals surface area contributed by atoms with Crippen LogP contribution in [0.25, 0.3) is 0 Å². The zero-order valence-corrected chi connectivity index (χ0v) is 11.4. The van der Waals surface area contributed by atoms with Crippen LogP contribution in [0.4, 0.5) is 0 Å². The molecule has 0 spiro atoms. The Morgan fingerprint density at radius 1 is 1.00 bits per heavy atom. The minimum Gasteiger partial charge on any atom is -0.385 e. The van der Waals surface area contributed by atoms with Gasteiger partial charge in [0.15, 0.2) is 0 Å². The fraction of sp³-hybridized carbons (Fsp3) is 1.00. The van der Waals surface area contributed by atoms with Crippen molar-refractivity contribution in [3.8, 4) is 0 Å². The zero-order valence-electron chi connectivity index (χ0n) is 11.4. The van der Waals surface area contributed by atoms with Crippen LogP contribution in [0.1, 0.15) is 57.8 Å². The molecule has 2 aliphatic carbocycles. The van der Waals surface area contributed by atoms with E-state index in [-0.39, 0.29) is 0 Å². The fourth-order valence-electron chi connectivity index (χ4n) is 3.26. The molecule has 2 nitrogen and oxygen atoms in total. The van der Waals surface area contributed by atoms with E-state index in [4.69, 9.17) is 4.74 Å². The summed E-state index contributed by atoms with van der Waals surface area (Å²) < 4.78 is 5.07. The Kier molecular flexibility index (Phi) is 5.79. The first-order valence-electron chi connectivity index (χ1n) is 7.62. The Morgan fingerprint density at radius 3 is 2.65 bits per heavy atom. The monoisotopic (exact) mass is 239 g/mol. The molecule has 0 aromatic heterocycles. The lowest BCUT2D eigenvalue weighted by atomic mass is 9.82. The summed E-state index contributed by atoms with van der Waals surface area (Å²) in [5.74, 6) is 2.18. The lowest BCUT2D eigenvalue weighted by Gasteiger charge is -2.30. The van der Waals surface area contributed by atoms with E-state index < -0.39 is 0 Å². The number of methoxy groups -OCH3 is 1. The minimum atomic E-state index is 0.830. The van der Waals surface area contributed by atoms with Crippen LogP contribution in [-0.4, -0.2) is 26.3 Å². The van der Waals surface area contributed by atoms with Gasteiger partial charge in [0.2, 0.25) is 0 Å². The number of ether oxygens (including phenoxy) is 1. The van der Waals surface area contributed by atoms with Crippen molar-refractivity contribution in [3.63, 3.8) is 0 Å². The second-order valence-electron chi connectivity index (χ2n) is 5.97. The van der Waals surface area contributed by atoms with E-state index in [9.17, 15) is 0 Å². The van der Waals surface area contributed by atoms with Crippen molar-refractivity contribution < 1.29 is 4.74 Å². The number of hydrogen-bond donors (Lipinski definition) is 1. The molecule has 0 radical (unpaired) electrons. The maximum Gasteiger partial charge on any atom is 0.0462 e. The Hall–Kier alpha value is -0.0800. The predicted octanol–water partition coefficient (Wildman–Crippen LogP) is 3.36.